The fraction of sp³-hybridized carbons (Fsp3) is 0.312. The van der Waals surface area contributed by atoms with Gasteiger partial charge in [0.1, 0.15) is 24.6 Å². The van der Waals surface area contributed by atoms with Gasteiger partial charge in [-0.25, -0.2) is 13.4 Å². The summed E-state index contributed by atoms with van der Waals surface area (Å²) in [6.45, 7) is -0.170. The molecule has 2 aromatic heterocycles. The molecule has 32 heavy (non-hydrogen) atoms. The lowest BCUT2D eigenvalue weighted by Gasteiger charge is -2.19. The van der Waals surface area contributed by atoms with E-state index in [1.165, 1.54) is 12.1 Å². The molecular formula is C16H15N5O9PS+. The van der Waals surface area contributed by atoms with Crippen molar-refractivity contribution in [3.8, 4) is 5.75 Å². The summed E-state index contributed by atoms with van der Waals surface area (Å²) in [7, 11) is -6.88. The van der Waals surface area contributed by atoms with Crippen molar-refractivity contribution in [1.82, 2.24) is 19.5 Å². The Morgan fingerprint density at radius 2 is 1.97 bits per heavy atom. The number of hydrogen-bond donors (Lipinski definition) is 4. The molecule has 0 aliphatic carbocycles. The van der Waals surface area contributed by atoms with Crippen LogP contribution in [0.2, 0.25) is 0 Å². The van der Waals surface area contributed by atoms with Gasteiger partial charge >= 0.3 is 8.25 Å². The molecule has 14 nitrogen and oxygen atoms in total. The summed E-state index contributed by atoms with van der Waals surface area (Å²) < 4.78 is 55.1. The van der Waals surface area contributed by atoms with Gasteiger partial charge in [-0.3, -0.25) is 14.3 Å². The number of H-pyrrole nitrogens is 1. The number of phenols is 1. The largest absolute Gasteiger partial charge is 0.697 e. The standard InChI is InChI=1S/C16H14N5O9PS/c17-15-19-12-9(13(24)20-15)18-16(32(26,27)7-3-1-6(22)2-4-7)21(12)14-10(23)11-8(29-14)5-28-31(25)30-11/h1-4,8,10-11,14,23H,5H2,(H3-,17,19,20,22,24)/p+1/t8?,10?,11-,14-/m1/s1. The SMILES string of the molecule is Nc1nc2c(nc(S(=O)(=O)c3ccc(O)cc3)n2[C@@H]2OC3CO[P+](=O)O[C@H]3C2O)c(=O)[nH]1. The second-order valence-corrected chi connectivity index (χ2v) is 9.79. The molecule has 2 aliphatic rings. The van der Waals surface area contributed by atoms with Gasteiger partial charge in [-0.05, 0) is 24.3 Å². The number of sulfone groups is 1. The number of aromatic nitrogens is 4. The van der Waals surface area contributed by atoms with Crippen molar-refractivity contribution in [3.05, 3.63) is 34.6 Å². The van der Waals surface area contributed by atoms with Gasteiger partial charge in [-0.15, -0.1) is 9.05 Å². The lowest BCUT2D eigenvalue weighted by atomic mass is 10.1. The maximum absolute atomic E-state index is 13.4. The minimum absolute atomic E-state index is 0.159. The Balaban J connectivity index is 1.74. The van der Waals surface area contributed by atoms with Crippen LogP contribution in [0.25, 0.3) is 11.2 Å². The summed E-state index contributed by atoms with van der Waals surface area (Å²) in [6.07, 6.45) is -4.89. The number of ether oxygens (including phenoxy) is 1. The number of aliphatic hydroxyl groups is 1. The monoisotopic (exact) mass is 484 g/mol. The molecular weight excluding hydrogens is 469 g/mol. The predicted molar refractivity (Wildman–Crippen MR) is 104 cm³/mol. The zero-order chi connectivity index (χ0) is 22.8. The zero-order valence-electron chi connectivity index (χ0n) is 15.9. The van der Waals surface area contributed by atoms with Crippen LogP contribution in [0.15, 0.2) is 39.1 Å². The summed E-state index contributed by atoms with van der Waals surface area (Å²) in [4.78, 5) is 22.3. The van der Waals surface area contributed by atoms with Crippen molar-refractivity contribution in [2.45, 2.75) is 34.6 Å². The van der Waals surface area contributed by atoms with Gasteiger partial charge in [0.25, 0.3) is 5.56 Å². The van der Waals surface area contributed by atoms with E-state index >= 15 is 0 Å². The highest BCUT2D eigenvalue weighted by molar-refractivity contribution is 7.91. The summed E-state index contributed by atoms with van der Waals surface area (Å²) in [5.41, 5.74) is 4.22. The van der Waals surface area contributed by atoms with Crippen molar-refractivity contribution in [3.63, 3.8) is 0 Å². The predicted octanol–water partition coefficient (Wildman–Crippen LogP) is -0.429. The second kappa shape index (κ2) is 7.30. The first-order chi connectivity index (χ1) is 15.2. The van der Waals surface area contributed by atoms with E-state index in [1.807, 2.05) is 0 Å². The molecule has 2 saturated heterocycles. The van der Waals surface area contributed by atoms with Crippen LogP contribution in [-0.4, -0.2) is 63.1 Å². The van der Waals surface area contributed by atoms with Gasteiger partial charge in [0.2, 0.25) is 20.9 Å². The molecule has 5 N–H and O–H groups in total. The third-order valence-corrected chi connectivity index (χ3v) is 7.48. The molecule has 5 rings (SSSR count). The number of benzene rings is 1. The van der Waals surface area contributed by atoms with E-state index in [1.54, 1.807) is 0 Å². The normalized spacial score (nSPS) is 27.0. The Hall–Kier alpha value is -2.94. The van der Waals surface area contributed by atoms with Crippen LogP contribution in [0.5, 0.6) is 5.75 Å². The molecule has 0 bridgehead atoms. The molecule has 16 heteroatoms. The van der Waals surface area contributed by atoms with Crippen LogP contribution in [-0.2, 0) is 28.2 Å². The Morgan fingerprint density at radius 1 is 1.25 bits per heavy atom. The summed E-state index contributed by atoms with van der Waals surface area (Å²) >= 11 is 0. The third-order valence-electron chi connectivity index (χ3n) is 5.04. The number of nitrogens with zero attached hydrogens (tertiary/aromatic N) is 3. The topological polar surface area (TPSA) is 209 Å². The Morgan fingerprint density at radius 3 is 2.69 bits per heavy atom. The quantitative estimate of drug-likeness (QED) is 0.349. The van der Waals surface area contributed by atoms with Gasteiger partial charge in [0, 0.05) is 4.57 Å². The fourth-order valence-corrected chi connectivity index (χ4v) is 5.75. The average molecular weight is 484 g/mol. The Labute approximate surface area is 179 Å². The lowest BCUT2D eigenvalue weighted by Crippen LogP contribution is -2.37. The highest BCUT2D eigenvalue weighted by Gasteiger charge is 2.55. The number of aromatic hydroxyl groups is 1. The van der Waals surface area contributed by atoms with E-state index in [0.29, 0.717) is 0 Å². The number of phenolic OH excluding ortho intramolecular Hbond substituents is 1. The van der Waals surface area contributed by atoms with Crippen molar-refractivity contribution in [1.29, 1.82) is 0 Å². The van der Waals surface area contributed by atoms with Crippen LogP contribution in [0.3, 0.4) is 0 Å². The van der Waals surface area contributed by atoms with E-state index in [0.717, 1.165) is 16.7 Å². The van der Waals surface area contributed by atoms with E-state index in [4.69, 9.17) is 19.5 Å². The van der Waals surface area contributed by atoms with E-state index in [-0.39, 0.29) is 34.4 Å². The first kappa shape index (κ1) is 20.9. The molecule has 168 valence electrons. The Kier molecular flexibility index (Phi) is 4.77. The van der Waals surface area contributed by atoms with Crippen LogP contribution in [0.1, 0.15) is 6.23 Å². The number of nitrogens with one attached hydrogen (secondary N) is 1. The number of rotatable bonds is 3. The van der Waals surface area contributed by atoms with Gasteiger partial charge in [-0.1, -0.05) is 0 Å². The minimum Gasteiger partial charge on any atom is -0.508 e. The number of imidazole rings is 1. The first-order valence-electron chi connectivity index (χ1n) is 9.09. The molecule has 2 aliphatic heterocycles. The van der Waals surface area contributed by atoms with Gasteiger partial charge in [-0.2, -0.15) is 4.98 Å². The molecule has 4 heterocycles. The zero-order valence-corrected chi connectivity index (χ0v) is 17.6. The van der Waals surface area contributed by atoms with Crippen LogP contribution in [0.4, 0.5) is 5.95 Å². The number of aliphatic hydroxyl groups excluding tert-OH is 1. The highest BCUT2D eigenvalue weighted by Crippen LogP contribution is 2.44. The van der Waals surface area contributed by atoms with Crippen molar-refractivity contribution < 1.29 is 37.0 Å². The molecule has 2 fully saturated rings. The van der Waals surface area contributed by atoms with Crippen molar-refractivity contribution in [2.75, 3.05) is 12.3 Å². The Bertz CT molecular complexity index is 1400. The maximum Gasteiger partial charge on any atom is 0.697 e. The van der Waals surface area contributed by atoms with Gasteiger partial charge in [0.15, 0.2) is 23.5 Å². The number of nitrogen functional groups attached to an aromatic ring is 1. The van der Waals surface area contributed by atoms with Crippen molar-refractivity contribution >= 4 is 35.2 Å². The number of aromatic amines is 1. The molecule has 1 aromatic carbocycles. The van der Waals surface area contributed by atoms with Gasteiger partial charge < -0.3 is 20.7 Å². The molecule has 0 saturated carbocycles. The number of hydrogen-bond acceptors (Lipinski definition) is 12. The fourth-order valence-electron chi connectivity index (χ4n) is 3.59. The molecule has 5 atom stereocenters. The summed E-state index contributed by atoms with van der Waals surface area (Å²) in [6, 6.07) is 4.63. The molecule has 0 amide bonds. The summed E-state index contributed by atoms with van der Waals surface area (Å²) in [5.74, 6) is -0.474. The molecule has 0 spiro atoms. The van der Waals surface area contributed by atoms with E-state index in [2.05, 4.69) is 15.0 Å². The van der Waals surface area contributed by atoms with Crippen LogP contribution < -0.4 is 11.3 Å². The second-order valence-electron chi connectivity index (χ2n) is 7.03. The summed E-state index contributed by atoms with van der Waals surface area (Å²) in [5, 5.41) is 19.6. The van der Waals surface area contributed by atoms with Gasteiger partial charge in [0.05, 0.1) is 4.90 Å². The van der Waals surface area contributed by atoms with Crippen LogP contribution >= 0.6 is 8.25 Å². The third kappa shape index (κ3) is 3.18. The molecule has 0 radical (unpaired) electrons. The first-order valence-corrected chi connectivity index (χ1v) is 11.7. The van der Waals surface area contributed by atoms with E-state index < -0.39 is 53.3 Å². The van der Waals surface area contributed by atoms with Crippen molar-refractivity contribution in [2.24, 2.45) is 0 Å². The maximum atomic E-state index is 13.4. The molecule has 3 aromatic rings. The smallest absolute Gasteiger partial charge is 0.508 e. The van der Waals surface area contributed by atoms with Crippen LogP contribution in [0, 0.1) is 0 Å². The number of nitrogens with two attached hydrogens (primary N) is 1. The van der Waals surface area contributed by atoms with E-state index in [9.17, 15) is 28.0 Å². The highest BCUT2D eigenvalue weighted by atomic mass is 32.2. The lowest BCUT2D eigenvalue weighted by molar-refractivity contribution is -0.0585. The minimum atomic E-state index is -4.40. The number of anilines is 1. The number of fused-ring (bicyclic) bond motifs is 2. The molecule has 3 unspecified atom stereocenters. The average Bonchev–Trinajstić information content (AvgIpc) is 3.27.